The lowest BCUT2D eigenvalue weighted by atomic mass is 10.2. The van der Waals surface area contributed by atoms with Gasteiger partial charge in [-0.15, -0.1) is 10.2 Å². The van der Waals surface area contributed by atoms with Crippen LogP contribution in [0.3, 0.4) is 0 Å². The summed E-state index contributed by atoms with van der Waals surface area (Å²) in [6.07, 6.45) is 0. The third-order valence-electron chi connectivity index (χ3n) is 2.96. The summed E-state index contributed by atoms with van der Waals surface area (Å²) in [6.45, 7) is 2.04. The Kier molecular flexibility index (Phi) is 4.35. The number of nitrogens with zero attached hydrogens (tertiary/aromatic N) is 3. The van der Waals surface area contributed by atoms with E-state index < -0.39 is 0 Å². The maximum absolute atomic E-state index is 5.27. The first-order valence-electron chi connectivity index (χ1n) is 6.44. The summed E-state index contributed by atoms with van der Waals surface area (Å²) in [5, 5.41) is 8.68. The second-order valence-electron chi connectivity index (χ2n) is 4.76. The summed E-state index contributed by atoms with van der Waals surface area (Å²) < 4.78 is 5.27. The molecule has 4 heteroatoms. The van der Waals surface area contributed by atoms with Crippen molar-refractivity contribution >= 4 is 17.1 Å². The van der Waals surface area contributed by atoms with E-state index in [0.717, 1.165) is 28.4 Å². The largest absolute Gasteiger partial charge is 0.494 e. The fraction of sp³-hybridized carbons (Fsp3) is 0.250. The average Bonchev–Trinajstić information content (AvgIpc) is 2.45. The molecule has 0 aliphatic carbocycles. The van der Waals surface area contributed by atoms with Crippen molar-refractivity contribution in [2.45, 2.75) is 6.92 Å². The van der Waals surface area contributed by atoms with Crippen molar-refractivity contribution in [3.63, 3.8) is 0 Å². The van der Waals surface area contributed by atoms with Gasteiger partial charge in [-0.25, -0.2) is 0 Å². The number of ether oxygens (including phenoxy) is 1. The normalized spacial score (nSPS) is 10.8. The van der Waals surface area contributed by atoms with Crippen LogP contribution in [0.1, 0.15) is 5.56 Å². The molecule has 104 valence electrons. The van der Waals surface area contributed by atoms with E-state index in [1.54, 1.807) is 7.11 Å². The monoisotopic (exact) mass is 269 g/mol. The first-order chi connectivity index (χ1) is 9.61. The van der Waals surface area contributed by atoms with Crippen molar-refractivity contribution in [1.29, 1.82) is 0 Å². The predicted molar refractivity (Wildman–Crippen MR) is 82.7 cm³/mol. The molecule has 0 N–H and O–H groups in total. The van der Waals surface area contributed by atoms with Crippen molar-refractivity contribution in [2.75, 3.05) is 26.1 Å². The number of rotatable bonds is 4. The molecule has 0 saturated heterocycles. The highest BCUT2D eigenvalue weighted by molar-refractivity contribution is 5.67. The first-order valence-corrected chi connectivity index (χ1v) is 6.44. The molecule has 0 aliphatic heterocycles. The minimum Gasteiger partial charge on any atom is -0.494 e. The van der Waals surface area contributed by atoms with Gasteiger partial charge in [0.2, 0.25) is 0 Å². The van der Waals surface area contributed by atoms with Gasteiger partial charge >= 0.3 is 0 Å². The Hall–Kier alpha value is -2.36. The molecule has 0 saturated carbocycles. The summed E-state index contributed by atoms with van der Waals surface area (Å²) in [4.78, 5) is 2.02. The lowest BCUT2D eigenvalue weighted by molar-refractivity contribution is 0.416. The van der Waals surface area contributed by atoms with Gasteiger partial charge in [-0.3, -0.25) is 0 Å². The second kappa shape index (κ2) is 6.19. The molecule has 0 bridgehead atoms. The van der Waals surface area contributed by atoms with E-state index >= 15 is 0 Å². The molecule has 20 heavy (non-hydrogen) atoms. The number of hydrogen-bond acceptors (Lipinski definition) is 4. The van der Waals surface area contributed by atoms with E-state index in [1.807, 2.05) is 62.3 Å². The Bertz CT molecular complexity index is 621. The number of azo groups is 1. The lowest BCUT2D eigenvalue weighted by Gasteiger charge is -2.14. The highest BCUT2D eigenvalue weighted by Crippen LogP contribution is 2.32. The second-order valence-corrected chi connectivity index (χ2v) is 4.76. The Labute approximate surface area is 119 Å². The molecule has 2 aromatic rings. The Morgan fingerprint density at radius 3 is 2.35 bits per heavy atom. The molecule has 2 aromatic carbocycles. The maximum atomic E-state index is 5.27. The van der Waals surface area contributed by atoms with E-state index in [9.17, 15) is 0 Å². The van der Waals surface area contributed by atoms with Gasteiger partial charge in [0.25, 0.3) is 0 Å². The quantitative estimate of drug-likeness (QED) is 0.767. The van der Waals surface area contributed by atoms with Crippen LogP contribution in [0, 0.1) is 6.92 Å². The topological polar surface area (TPSA) is 37.2 Å². The van der Waals surface area contributed by atoms with Crippen molar-refractivity contribution in [3.8, 4) is 5.75 Å². The number of benzene rings is 2. The van der Waals surface area contributed by atoms with Gasteiger partial charge in [-0.2, -0.15) is 0 Å². The van der Waals surface area contributed by atoms with Crippen LogP contribution >= 0.6 is 0 Å². The van der Waals surface area contributed by atoms with Gasteiger partial charge < -0.3 is 9.64 Å². The zero-order chi connectivity index (χ0) is 14.5. The van der Waals surface area contributed by atoms with Gasteiger partial charge in [-0.1, -0.05) is 18.2 Å². The molecule has 4 nitrogen and oxygen atoms in total. The summed E-state index contributed by atoms with van der Waals surface area (Å²) >= 11 is 0. The SMILES string of the molecule is COc1ccccc1N=Nc1cc(C)ccc1N(C)C. The van der Waals surface area contributed by atoms with Gasteiger partial charge in [0.15, 0.2) is 0 Å². The highest BCUT2D eigenvalue weighted by atomic mass is 16.5. The van der Waals surface area contributed by atoms with E-state index in [0.29, 0.717) is 0 Å². The van der Waals surface area contributed by atoms with Crippen LogP contribution in [0.5, 0.6) is 5.75 Å². The van der Waals surface area contributed by atoms with Crippen LogP contribution < -0.4 is 9.64 Å². The zero-order valence-corrected chi connectivity index (χ0v) is 12.3. The van der Waals surface area contributed by atoms with Crippen molar-refractivity contribution in [1.82, 2.24) is 0 Å². The minimum absolute atomic E-state index is 0.718. The molecular formula is C16H19N3O. The predicted octanol–water partition coefficient (Wildman–Crippen LogP) is 4.49. The van der Waals surface area contributed by atoms with Crippen LogP contribution in [0.25, 0.3) is 0 Å². The van der Waals surface area contributed by atoms with Crippen LogP contribution in [-0.4, -0.2) is 21.2 Å². The van der Waals surface area contributed by atoms with E-state index in [2.05, 4.69) is 16.3 Å². The van der Waals surface area contributed by atoms with Gasteiger partial charge in [0, 0.05) is 14.1 Å². The lowest BCUT2D eigenvalue weighted by Crippen LogP contribution is -2.08. The van der Waals surface area contributed by atoms with E-state index in [1.165, 1.54) is 0 Å². The maximum Gasteiger partial charge on any atom is 0.146 e. The summed E-state index contributed by atoms with van der Waals surface area (Å²) in [6, 6.07) is 13.7. The van der Waals surface area contributed by atoms with Crippen molar-refractivity contribution in [3.05, 3.63) is 48.0 Å². The summed E-state index contributed by atoms with van der Waals surface area (Å²) in [5.74, 6) is 0.718. The van der Waals surface area contributed by atoms with Gasteiger partial charge in [0.1, 0.15) is 17.1 Å². The molecule has 0 unspecified atom stereocenters. The Morgan fingerprint density at radius 1 is 0.950 bits per heavy atom. The number of aryl methyl sites for hydroxylation is 1. The number of anilines is 1. The van der Waals surface area contributed by atoms with E-state index in [4.69, 9.17) is 4.74 Å². The molecule has 0 radical (unpaired) electrons. The number of hydrogen-bond donors (Lipinski definition) is 0. The molecule has 0 amide bonds. The van der Waals surface area contributed by atoms with Crippen LogP contribution in [-0.2, 0) is 0 Å². The van der Waals surface area contributed by atoms with Crippen LogP contribution in [0.4, 0.5) is 17.1 Å². The average molecular weight is 269 g/mol. The fourth-order valence-electron chi connectivity index (χ4n) is 1.91. The van der Waals surface area contributed by atoms with Gasteiger partial charge in [0.05, 0.1) is 12.8 Å². The number of para-hydroxylation sites is 1. The molecule has 0 aliphatic rings. The molecule has 0 atom stereocenters. The Morgan fingerprint density at radius 2 is 1.65 bits per heavy atom. The van der Waals surface area contributed by atoms with Crippen molar-refractivity contribution in [2.24, 2.45) is 10.2 Å². The summed E-state index contributed by atoms with van der Waals surface area (Å²) in [5.41, 5.74) is 3.76. The van der Waals surface area contributed by atoms with Crippen LogP contribution in [0.15, 0.2) is 52.7 Å². The third-order valence-corrected chi connectivity index (χ3v) is 2.96. The Balaban J connectivity index is 2.38. The smallest absolute Gasteiger partial charge is 0.146 e. The standard InChI is InChI=1S/C16H19N3O/c1-12-9-10-15(19(2)3)14(11-12)18-17-13-7-5-6-8-16(13)20-4/h5-11H,1-4H3. The highest BCUT2D eigenvalue weighted by Gasteiger charge is 2.05. The molecule has 0 fully saturated rings. The van der Waals surface area contributed by atoms with Gasteiger partial charge in [-0.05, 0) is 36.8 Å². The molecule has 2 rings (SSSR count). The summed E-state index contributed by atoms with van der Waals surface area (Å²) in [7, 11) is 5.62. The first kappa shape index (κ1) is 14.1. The zero-order valence-electron chi connectivity index (χ0n) is 12.3. The molecule has 0 aromatic heterocycles. The van der Waals surface area contributed by atoms with Crippen LogP contribution in [0.2, 0.25) is 0 Å². The fourth-order valence-corrected chi connectivity index (χ4v) is 1.91. The van der Waals surface area contributed by atoms with E-state index in [-0.39, 0.29) is 0 Å². The molecular weight excluding hydrogens is 250 g/mol. The molecule has 0 spiro atoms. The molecule has 0 heterocycles. The number of methoxy groups -OCH3 is 1. The van der Waals surface area contributed by atoms with Crippen molar-refractivity contribution < 1.29 is 4.74 Å². The third kappa shape index (κ3) is 3.15. The minimum atomic E-state index is 0.718.